The van der Waals surface area contributed by atoms with E-state index in [9.17, 15) is 18.8 Å². The quantitative estimate of drug-likeness (QED) is 0.550. The highest BCUT2D eigenvalue weighted by Gasteiger charge is 2.25. The van der Waals surface area contributed by atoms with Gasteiger partial charge < -0.3 is 25.8 Å². The minimum atomic E-state index is -1.22. The van der Waals surface area contributed by atoms with Crippen LogP contribution in [0.2, 0.25) is 0 Å². The number of carboxylic acid groups (broad SMARTS) is 1. The van der Waals surface area contributed by atoms with Gasteiger partial charge in [0.1, 0.15) is 17.6 Å². The zero-order chi connectivity index (χ0) is 20.7. The smallest absolute Gasteiger partial charge is 0.405 e. The third kappa shape index (κ3) is 6.08. The van der Waals surface area contributed by atoms with Gasteiger partial charge in [-0.2, -0.15) is 0 Å². The second-order valence-corrected chi connectivity index (χ2v) is 6.55. The molecule has 1 heterocycles. The molecular formula is C18H25FN4O5. The first-order valence-electron chi connectivity index (χ1n) is 9.00. The molecule has 1 aromatic rings. The number of amides is 3. The Bertz CT molecular complexity index is 722. The second-order valence-electron chi connectivity index (χ2n) is 6.55. The molecule has 0 radical (unpaired) electrons. The fourth-order valence-electron chi connectivity index (χ4n) is 2.98. The summed E-state index contributed by atoms with van der Waals surface area (Å²) in [6.07, 6.45) is -0.506. The van der Waals surface area contributed by atoms with E-state index in [1.54, 1.807) is 4.90 Å². The van der Waals surface area contributed by atoms with Gasteiger partial charge in [0.2, 0.25) is 5.91 Å². The highest BCUT2D eigenvalue weighted by molar-refractivity contribution is 5.93. The van der Waals surface area contributed by atoms with Crippen LogP contribution >= 0.6 is 0 Å². The van der Waals surface area contributed by atoms with Gasteiger partial charge in [0.25, 0.3) is 5.91 Å². The zero-order valence-corrected chi connectivity index (χ0v) is 15.7. The molecular weight excluding hydrogens is 371 g/mol. The summed E-state index contributed by atoms with van der Waals surface area (Å²) in [6.45, 7) is 5.11. The van der Waals surface area contributed by atoms with Crippen LogP contribution in [0.25, 0.3) is 0 Å². The van der Waals surface area contributed by atoms with Crippen LogP contribution in [0.1, 0.15) is 23.7 Å². The van der Waals surface area contributed by atoms with Crippen LogP contribution in [0, 0.1) is 5.82 Å². The van der Waals surface area contributed by atoms with Crippen LogP contribution in [-0.4, -0.2) is 78.2 Å². The van der Waals surface area contributed by atoms with Gasteiger partial charge in [-0.05, 0) is 25.5 Å². The number of carbonyl (C=O) groups is 3. The number of rotatable bonds is 8. The summed E-state index contributed by atoms with van der Waals surface area (Å²) in [6, 6.07) is 3.17. The van der Waals surface area contributed by atoms with Gasteiger partial charge in [0.15, 0.2) is 0 Å². The fraction of sp³-hybridized carbons (Fsp3) is 0.500. The van der Waals surface area contributed by atoms with E-state index in [0.29, 0.717) is 45.0 Å². The van der Waals surface area contributed by atoms with Crippen LogP contribution < -0.4 is 15.8 Å². The van der Waals surface area contributed by atoms with Gasteiger partial charge in [0, 0.05) is 38.8 Å². The number of nitrogens with two attached hydrogens (primary N) is 1. The van der Waals surface area contributed by atoms with E-state index in [1.807, 2.05) is 0 Å². The molecule has 4 N–H and O–H groups in total. The summed E-state index contributed by atoms with van der Waals surface area (Å²) < 4.78 is 19.2. The summed E-state index contributed by atoms with van der Waals surface area (Å²) in [5, 5.41) is 10.9. The molecule has 1 aliphatic rings. The van der Waals surface area contributed by atoms with Crippen molar-refractivity contribution >= 4 is 17.9 Å². The van der Waals surface area contributed by atoms with Crippen molar-refractivity contribution < 1.29 is 28.6 Å². The number of nitrogens with one attached hydrogen (secondary N) is 1. The predicted octanol–water partition coefficient (Wildman–Crippen LogP) is 0.494. The minimum absolute atomic E-state index is 0.173. The molecule has 28 heavy (non-hydrogen) atoms. The Morgan fingerprint density at radius 2 is 1.96 bits per heavy atom. The van der Waals surface area contributed by atoms with Gasteiger partial charge in [-0.15, -0.1) is 0 Å². The number of primary amides is 1. The van der Waals surface area contributed by atoms with E-state index in [-0.39, 0.29) is 11.5 Å². The number of hydrogen-bond acceptors (Lipinski definition) is 5. The summed E-state index contributed by atoms with van der Waals surface area (Å²) in [4.78, 5) is 37.6. The van der Waals surface area contributed by atoms with Gasteiger partial charge >= 0.3 is 6.09 Å². The van der Waals surface area contributed by atoms with Crippen molar-refractivity contribution in [2.24, 2.45) is 5.73 Å². The van der Waals surface area contributed by atoms with Crippen molar-refractivity contribution in [2.45, 2.75) is 19.4 Å². The van der Waals surface area contributed by atoms with E-state index in [0.717, 1.165) is 12.6 Å². The number of halogens is 1. The third-order valence-electron chi connectivity index (χ3n) is 4.49. The summed E-state index contributed by atoms with van der Waals surface area (Å²) in [7, 11) is 0. The number of nitrogens with zero attached hydrogens (tertiary/aromatic N) is 2. The lowest BCUT2D eigenvalue weighted by molar-refractivity contribution is -0.134. The molecule has 9 nitrogen and oxygen atoms in total. The number of ether oxygens (including phenoxy) is 1. The predicted molar refractivity (Wildman–Crippen MR) is 98.7 cm³/mol. The van der Waals surface area contributed by atoms with Crippen molar-refractivity contribution in [3.05, 3.63) is 29.6 Å². The molecule has 1 aliphatic heterocycles. The van der Waals surface area contributed by atoms with Crippen molar-refractivity contribution in [3.8, 4) is 5.75 Å². The Morgan fingerprint density at radius 1 is 1.29 bits per heavy atom. The van der Waals surface area contributed by atoms with E-state index < -0.39 is 23.9 Å². The molecule has 0 aliphatic carbocycles. The number of benzene rings is 1. The SMILES string of the molecule is C[C@@H](NC(=O)O)C(=O)N1CCN(CCCOc2ccc(C(N)=O)c(F)c2)CC1. The molecule has 0 spiro atoms. The lowest BCUT2D eigenvalue weighted by atomic mass is 10.2. The molecule has 1 atom stereocenters. The Kier molecular flexibility index (Phi) is 7.56. The van der Waals surface area contributed by atoms with Crippen molar-refractivity contribution in [1.82, 2.24) is 15.1 Å². The van der Waals surface area contributed by atoms with Crippen LogP contribution in [0.5, 0.6) is 5.75 Å². The van der Waals surface area contributed by atoms with Crippen LogP contribution in [0.15, 0.2) is 18.2 Å². The van der Waals surface area contributed by atoms with E-state index in [2.05, 4.69) is 10.2 Å². The molecule has 1 aromatic carbocycles. The number of hydrogen-bond donors (Lipinski definition) is 3. The minimum Gasteiger partial charge on any atom is -0.493 e. The molecule has 1 saturated heterocycles. The topological polar surface area (TPSA) is 125 Å². The molecule has 3 amide bonds. The standard InChI is InChI=1S/C18H25FN4O5/c1-12(21-18(26)27)17(25)23-8-6-22(7-9-23)5-2-10-28-13-3-4-14(16(20)24)15(19)11-13/h3-4,11-12,21H,2,5-10H2,1H3,(H2,20,24)(H,26,27)/t12-/m1/s1. The Labute approximate surface area is 162 Å². The average Bonchev–Trinajstić information content (AvgIpc) is 2.64. The maximum atomic E-state index is 13.7. The second kappa shape index (κ2) is 9.88. The van der Waals surface area contributed by atoms with Crippen molar-refractivity contribution in [1.29, 1.82) is 0 Å². The first-order valence-corrected chi connectivity index (χ1v) is 9.00. The van der Waals surface area contributed by atoms with Gasteiger partial charge in [0.05, 0.1) is 12.2 Å². The van der Waals surface area contributed by atoms with E-state index in [1.165, 1.54) is 19.1 Å². The monoisotopic (exact) mass is 396 g/mol. The summed E-state index contributed by atoms with van der Waals surface area (Å²) in [5.74, 6) is -1.43. The highest BCUT2D eigenvalue weighted by atomic mass is 19.1. The first-order chi connectivity index (χ1) is 13.3. The van der Waals surface area contributed by atoms with Crippen molar-refractivity contribution in [3.63, 3.8) is 0 Å². The summed E-state index contributed by atoms with van der Waals surface area (Å²) in [5.41, 5.74) is 4.88. The van der Waals surface area contributed by atoms with Crippen molar-refractivity contribution in [2.75, 3.05) is 39.3 Å². The molecule has 0 aromatic heterocycles. The van der Waals surface area contributed by atoms with Crippen LogP contribution in [-0.2, 0) is 4.79 Å². The summed E-state index contributed by atoms with van der Waals surface area (Å²) >= 11 is 0. The Hall–Kier alpha value is -2.88. The largest absolute Gasteiger partial charge is 0.493 e. The van der Waals surface area contributed by atoms with E-state index >= 15 is 0 Å². The maximum absolute atomic E-state index is 13.7. The van der Waals surface area contributed by atoms with Gasteiger partial charge in [-0.25, -0.2) is 9.18 Å². The number of carbonyl (C=O) groups excluding carboxylic acids is 2. The fourth-order valence-corrected chi connectivity index (χ4v) is 2.98. The zero-order valence-electron chi connectivity index (χ0n) is 15.7. The molecule has 10 heteroatoms. The molecule has 154 valence electrons. The van der Waals surface area contributed by atoms with E-state index in [4.69, 9.17) is 15.6 Å². The molecule has 1 fully saturated rings. The molecule has 0 saturated carbocycles. The molecule has 0 bridgehead atoms. The molecule has 0 unspecified atom stereocenters. The van der Waals surface area contributed by atoms with Gasteiger partial charge in [-0.1, -0.05) is 0 Å². The highest BCUT2D eigenvalue weighted by Crippen LogP contribution is 2.16. The van der Waals surface area contributed by atoms with Crippen LogP contribution in [0.4, 0.5) is 9.18 Å². The lowest BCUT2D eigenvalue weighted by Gasteiger charge is -2.35. The normalized spacial score (nSPS) is 15.7. The Balaban J connectivity index is 1.67. The van der Waals surface area contributed by atoms with Gasteiger partial charge in [-0.3, -0.25) is 14.5 Å². The maximum Gasteiger partial charge on any atom is 0.405 e. The lowest BCUT2D eigenvalue weighted by Crippen LogP contribution is -2.54. The third-order valence-corrected chi connectivity index (χ3v) is 4.49. The number of piperazine rings is 1. The van der Waals surface area contributed by atoms with Crippen LogP contribution in [0.3, 0.4) is 0 Å². The Morgan fingerprint density at radius 3 is 2.54 bits per heavy atom. The average molecular weight is 396 g/mol. The molecule has 2 rings (SSSR count). The first kappa shape index (κ1) is 21.4.